The average molecular weight is 673 g/mol. The molecule has 2 saturated carbocycles. The van der Waals surface area contributed by atoms with Crippen LogP contribution in [0.3, 0.4) is 0 Å². The zero-order chi connectivity index (χ0) is 35.3. The number of fused-ring (bicyclic) bond motifs is 5. The van der Waals surface area contributed by atoms with Crippen molar-refractivity contribution in [1.82, 2.24) is 0 Å². The lowest BCUT2D eigenvalue weighted by Gasteiger charge is -2.53. The van der Waals surface area contributed by atoms with Crippen LogP contribution in [0.15, 0.2) is 23.3 Å². The third kappa shape index (κ3) is 7.10. The largest absolute Gasteiger partial charge is 0.458 e. The summed E-state index contributed by atoms with van der Waals surface area (Å²) >= 11 is 0. The van der Waals surface area contributed by atoms with E-state index in [1.807, 2.05) is 13.8 Å². The van der Waals surface area contributed by atoms with Gasteiger partial charge in [-0.1, -0.05) is 124 Å². The molecule has 4 aliphatic rings. The van der Waals surface area contributed by atoms with Crippen molar-refractivity contribution in [2.45, 2.75) is 174 Å². The Kier molecular flexibility index (Phi) is 12.8. The number of hydrogen-bond acceptors (Lipinski definition) is 8. The number of carbonyl (C=O) groups excluding carboxylic acids is 3. The summed E-state index contributed by atoms with van der Waals surface area (Å²) in [4.78, 5) is 40.6. The lowest BCUT2D eigenvalue weighted by Crippen LogP contribution is -2.66. The molecule has 3 N–H and O–H groups in total. The molecule has 4 rings (SSSR count). The van der Waals surface area contributed by atoms with Crippen LogP contribution in [0.2, 0.25) is 0 Å². The molecule has 8 heteroatoms. The van der Waals surface area contributed by atoms with E-state index in [1.165, 1.54) is 38.5 Å². The number of ether oxygens (including phenoxy) is 2. The Morgan fingerprint density at radius 1 is 0.833 bits per heavy atom. The molecular weight excluding hydrogens is 608 g/mol. The minimum absolute atomic E-state index is 0.104. The van der Waals surface area contributed by atoms with E-state index in [-0.39, 0.29) is 31.8 Å². The van der Waals surface area contributed by atoms with E-state index in [0.29, 0.717) is 24.0 Å². The van der Waals surface area contributed by atoms with Crippen LogP contribution < -0.4 is 0 Å². The van der Waals surface area contributed by atoms with E-state index in [9.17, 15) is 29.7 Å². The molecule has 0 spiro atoms. The van der Waals surface area contributed by atoms with Crippen molar-refractivity contribution in [3.63, 3.8) is 0 Å². The van der Waals surface area contributed by atoms with Crippen LogP contribution in [0.1, 0.15) is 151 Å². The molecule has 0 aromatic carbocycles. The molecular formula is C40H64O8. The first kappa shape index (κ1) is 38.8. The van der Waals surface area contributed by atoms with Crippen LogP contribution >= 0.6 is 0 Å². The van der Waals surface area contributed by atoms with Gasteiger partial charge in [-0.05, 0) is 30.9 Å². The molecule has 8 nitrogen and oxygen atoms in total. The molecule has 0 bridgehead atoms. The van der Waals surface area contributed by atoms with Crippen molar-refractivity contribution in [3.8, 4) is 0 Å². The molecule has 48 heavy (non-hydrogen) atoms. The van der Waals surface area contributed by atoms with Gasteiger partial charge < -0.3 is 24.8 Å². The van der Waals surface area contributed by atoms with Gasteiger partial charge in [0, 0.05) is 48.3 Å². The summed E-state index contributed by atoms with van der Waals surface area (Å²) in [7, 11) is 0. The van der Waals surface area contributed by atoms with E-state index >= 15 is 0 Å². The quantitative estimate of drug-likeness (QED) is 0.0740. The lowest BCUT2D eigenvalue weighted by atomic mass is 9.59. The number of hydrogen-bond donors (Lipinski definition) is 3. The van der Waals surface area contributed by atoms with Crippen molar-refractivity contribution in [3.05, 3.63) is 23.3 Å². The second-order valence-corrected chi connectivity index (χ2v) is 16.1. The summed E-state index contributed by atoms with van der Waals surface area (Å²) < 4.78 is 12.8. The summed E-state index contributed by atoms with van der Waals surface area (Å²) in [5.41, 5.74) is -4.71. The second-order valence-electron chi connectivity index (χ2n) is 16.1. The van der Waals surface area contributed by atoms with Crippen molar-refractivity contribution >= 4 is 17.7 Å². The average Bonchev–Trinajstić information content (AvgIpc) is 3.47. The van der Waals surface area contributed by atoms with Crippen LogP contribution in [-0.4, -0.2) is 62.6 Å². The van der Waals surface area contributed by atoms with Crippen LogP contribution in [0.25, 0.3) is 0 Å². The Hall–Kier alpha value is -2.03. The SMILES string of the molecule is CCCCCCCCCC(=O)O[C@H]1[C@H](C)[C@]2(O)[C@H](C=C(CO)C[C@@]3(O)C(=O)C(C)=C[C@H]23)[C@H]2C(C)(C)[C@@]12OC(=O)CCCCCCCCC. The Bertz CT molecular complexity index is 1220. The number of Topliss-reactive ketones (excluding diaryl/α,β-unsaturated/α-hetero) is 1. The van der Waals surface area contributed by atoms with Gasteiger partial charge in [-0.2, -0.15) is 0 Å². The van der Waals surface area contributed by atoms with E-state index in [1.54, 1.807) is 26.0 Å². The molecule has 0 amide bonds. The molecule has 8 atom stereocenters. The topological polar surface area (TPSA) is 130 Å². The summed E-state index contributed by atoms with van der Waals surface area (Å²) in [5, 5.41) is 35.3. The number of rotatable bonds is 19. The third-order valence-corrected chi connectivity index (χ3v) is 12.5. The molecule has 4 aliphatic carbocycles. The maximum absolute atomic E-state index is 13.6. The Balaban J connectivity index is 1.62. The van der Waals surface area contributed by atoms with Gasteiger partial charge in [0.2, 0.25) is 0 Å². The van der Waals surface area contributed by atoms with Gasteiger partial charge in [0.1, 0.15) is 11.7 Å². The van der Waals surface area contributed by atoms with Crippen LogP contribution in [0.5, 0.6) is 0 Å². The number of unbranched alkanes of at least 4 members (excludes halogenated alkanes) is 12. The van der Waals surface area contributed by atoms with E-state index in [4.69, 9.17) is 9.47 Å². The van der Waals surface area contributed by atoms with Crippen molar-refractivity contribution in [2.24, 2.45) is 29.1 Å². The fraction of sp³-hybridized carbons (Fsp3) is 0.825. The first-order valence-corrected chi connectivity index (χ1v) is 19.2. The first-order chi connectivity index (χ1) is 22.8. The number of aliphatic hydroxyl groups is 3. The van der Waals surface area contributed by atoms with Gasteiger partial charge in [0.05, 0.1) is 12.2 Å². The van der Waals surface area contributed by atoms with Gasteiger partial charge in [0.25, 0.3) is 0 Å². The molecule has 0 aliphatic heterocycles. The zero-order valence-corrected chi connectivity index (χ0v) is 30.7. The predicted molar refractivity (Wildman–Crippen MR) is 186 cm³/mol. The second kappa shape index (κ2) is 15.9. The molecule has 0 heterocycles. The summed E-state index contributed by atoms with van der Waals surface area (Å²) in [5.74, 6) is -4.11. The van der Waals surface area contributed by atoms with Crippen LogP contribution in [0.4, 0.5) is 0 Å². The van der Waals surface area contributed by atoms with Crippen molar-refractivity contribution in [1.29, 1.82) is 0 Å². The van der Waals surface area contributed by atoms with E-state index < -0.39 is 63.7 Å². The van der Waals surface area contributed by atoms with Crippen molar-refractivity contribution in [2.75, 3.05) is 6.61 Å². The number of carbonyl (C=O) groups is 3. The molecule has 0 saturated heterocycles. The number of ketones is 1. The highest BCUT2D eigenvalue weighted by molar-refractivity contribution is 6.04. The molecule has 2 fully saturated rings. The van der Waals surface area contributed by atoms with Gasteiger partial charge in [-0.25, -0.2) is 0 Å². The normalized spacial score (nSPS) is 34.7. The zero-order valence-electron chi connectivity index (χ0n) is 30.7. The number of aliphatic hydroxyl groups excluding tert-OH is 1. The van der Waals surface area contributed by atoms with Crippen molar-refractivity contribution < 1.29 is 39.2 Å². The van der Waals surface area contributed by atoms with Gasteiger partial charge >= 0.3 is 11.9 Å². The standard InChI is InChI=1S/C40H64O8/c1-7-9-11-13-15-17-19-21-32(42)47-36-28(4)39(46)30(24-29(26-41)25-38(45)31(39)23-27(3)35(38)44)34-37(5,6)40(34,36)48-33(43)22-20-18-16-14-12-10-8-2/h23-24,28,30-31,34,36,41,45-46H,7-22,25-26H2,1-6H3/t28-,30+,31-,34-,36-,38-,39-,40-/m0/s1. The maximum atomic E-state index is 13.6. The molecule has 0 unspecified atom stereocenters. The molecule has 272 valence electrons. The molecule has 0 radical (unpaired) electrons. The minimum Gasteiger partial charge on any atom is -0.458 e. The fourth-order valence-electron chi connectivity index (χ4n) is 9.72. The monoisotopic (exact) mass is 672 g/mol. The Morgan fingerprint density at radius 2 is 1.35 bits per heavy atom. The van der Waals surface area contributed by atoms with Gasteiger partial charge in [0.15, 0.2) is 11.4 Å². The van der Waals surface area contributed by atoms with E-state index in [2.05, 4.69) is 13.8 Å². The highest BCUT2D eigenvalue weighted by atomic mass is 16.6. The molecule has 0 aromatic heterocycles. The predicted octanol–water partition coefficient (Wildman–Crippen LogP) is 7.31. The summed E-state index contributed by atoms with van der Waals surface area (Å²) in [6, 6.07) is 0. The molecule has 0 aromatic rings. The highest BCUT2D eigenvalue weighted by Crippen LogP contribution is 2.77. The summed E-state index contributed by atoms with van der Waals surface area (Å²) in [6.07, 6.45) is 17.8. The first-order valence-electron chi connectivity index (χ1n) is 19.2. The number of esters is 2. The Labute approximate surface area is 289 Å². The van der Waals surface area contributed by atoms with E-state index in [0.717, 1.165) is 38.5 Å². The third-order valence-electron chi connectivity index (χ3n) is 12.5. The minimum atomic E-state index is -1.93. The van der Waals surface area contributed by atoms with Crippen LogP contribution in [0, 0.1) is 29.1 Å². The van der Waals surface area contributed by atoms with Gasteiger partial charge in [-0.3, -0.25) is 14.4 Å². The smallest absolute Gasteiger partial charge is 0.306 e. The van der Waals surface area contributed by atoms with Gasteiger partial charge in [-0.15, -0.1) is 0 Å². The fourth-order valence-corrected chi connectivity index (χ4v) is 9.72. The van der Waals surface area contributed by atoms with Crippen LogP contribution in [-0.2, 0) is 23.9 Å². The maximum Gasteiger partial charge on any atom is 0.306 e. The highest BCUT2D eigenvalue weighted by Gasteiger charge is 2.87. The Morgan fingerprint density at radius 3 is 1.90 bits per heavy atom. The lowest BCUT2D eigenvalue weighted by molar-refractivity contribution is -0.229. The summed E-state index contributed by atoms with van der Waals surface area (Å²) in [6.45, 7) is 11.4.